The Hall–Kier alpha value is -2.30. The number of ether oxygens (including phenoxy) is 5. The first-order valence-corrected chi connectivity index (χ1v) is 12.1. The molecule has 34 heavy (non-hydrogen) atoms. The molecule has 2 heterocycles. The van der Waals surface area contributed by atoms with Gasteiger partial charge in [-0.2, -0.15) is 0 Å². The number of thioether (sulfide) groups is 1. The highest BCUT2D eigenvalue weighted by Gasteiger charge is 2.52. The molecule has 2 aliphatic heterocycles. The highest BCUT2D eigenvalue weighted by molar-refractivity contribution is 8.14. The number of hydrogen-bond donors (Lipinski definition) is 2. The molecule has 184 valence electrons. The van der Waals surface area contributed by atoms with Gasteiger partial charge in [0.25, 0.3) is 0 Å². The maximum absolute atomic E-state index is 10.6. The van der Waals surface area contributed by atoms with E-state index in [2.05, 4.69) is 10.3 Å². The van der Waals surface area contributed by atoms with Gasteiger partial charge in [0, 0.05) is 7.05 Å². The summed E-state index contributed by atoms with van der Waals surface area (Å²) in [6.45, 7) is 2.46. The van der Waals surface area contributed by atoms with Crippen molar-refractivity contribution in [2.45, 2.75) is 56.0 Å². The van der Waals surface area contributed by atoms with E-state index >= 15 is 0 Å². The van der Waals surface area contributed by atoms with Crippen LogP contribution in [0, 0.1) is 0 Å². The lowest BCUT2D eigenvalue weighted by atomic mass is 9.94. The molecule has 2 N–H and O–H groups in total. The van der Waals surface area contributed by atoms with Gasteiger partial charge in [-0.25, -0.2) is 0 Å². The molecule has 6 atom stereocenters. The molecule has 4 rings (SSSR count). The van der Waals surface area contributed by atoms with Crippen molar-refractivity contribution in [3.63, 3.8) is 0 Å². The minimum atomic E-state index is -0.739. The van der Waals surface area contributed by atoms with Gasteiger partial charge < -0.3 is 34.1 Å². The maximum atomic E-state index is 10.6. The number of methoxy groups -OCH3 is 2. The van der Waals surface area contributed by atoms with Crippen LogP contribution in [0.15, 0.2) is 53.5 Å². The van der Waals surface area contributed by atoms with Crippen LogP contribution in [-0.4, -0.2) is 67.4 Å². The third kappa shape index (κ3) is 5.67. The van der Waals surface area contributed by atoms with E-state index in [9.17, 15) is 5.11 Å². The summed E-state index contributed by atoms with van der Waals surface area (Å²) in [5.74, 6) is 1.58. The van der Waals surface area contributed by atoms with Crippen molar-refractivity contribution in [2.75, 3.05) is 21.3 Å². The quantitative estimate of drug-likeness (QED) is 0.557. The smallest absolute Gasteiger partial charge is 0.159 e. The molecule has 2 fully saturated rings. The number of nitrogens with zero attached hydrogens (tertiary/aromatic N) is 1. The molecule has 0 saturated carbocycles. The summed E-state index contributed by atoms with van der Waals surface area (Å²) in [5, 5.41) is 14.8. The Kier molecular flexibility index (Phi) is 8.33. The van der Waals surface area contributed by atoms with E-state index in [0.29, 0.717) is 13.2 Å². The van der Waals surface area contributed by atoms with Gasteiger partial charge in [0.15, 0.2) is 5.17 Å². The summed E-state index contributed by atoms with van der Waals surface area (Å²) in [4.78, 5) is 4.29. The first-order valence-electron chi connectivity index (χ1n) is 11.2. The standard InChI is InChI=1S/C25H32N2O6S/c1-15(28)21-23(32-14-17-7-11-19(30-4)12-8-17)22(20-24(33-21)34-25(26-2)27-20)31-13-16-5-9-18(29-3)10-6-16/h5-12,15,20-24,28H,13-14H2,1-4H3,(H,26,27)/t15?,20-,21-,22-,23-,24-/m1/s1. The number of amidine groups is 1. The number of aliphatic imine (C=N–C) groups is 1. The second kappa shape index (κ2) is 11.4. The molecule has 1 unspecified atom stereocenters. The lowest BCUT2D eigenvalue weighted by molar-refractivity contribution is -0.220. The molecule has 0 bridgehead atoms. The summed E-state index contributed by atoms with van der Waals surface area (Å²) in [5.41, 5.74) is 1.77. The van der Waals surface area contributed by atoms with Crippen molar-refractivity contribution < 1.29 is 28.8 Å². The lowest BCUT2D eigenvalue weighted by Gasteiger charge is -2.44. The molecule has 2 aliphatic rings. The molecule has 2 aromatic carbocycles. The second-order valence-electron chi connectivity index (χ2n) is 8.27. The van der Waals surface area contributed by atoms with Gasteiger partial charge in [0.05, 0.1) is 39.6 Å². The fourth-order valence-electron chi connectivity index (χ4n) is 4.12. The molecule has 0 aliphatic carbocycles. The van der Waals surface area contributed by atoms with Gasteiger partial charge in [0.2, 0.25) is 0 Å². The highest BCUT2D eigenvalue weighted by atomic mass is 32.2. The second-order valence-corrected chi connectivity index (χ2v) is 9.36. The summed E-state index contributed by atoms with van der Waals surface area (Å²) in [6.07, 6.45) is -2.15. The Morgan fingerprint density at radius 2 is 1.47 bits per heavy atom. The molecule has 2 aromatic rings. The molecule has 2 saturated heterocycles. The third-order valence-electron chi connectivity index (χ3n) is 5.99. The zero-order valence-corrected chi connectivity index (χ0v) is 20.7. The number of hydrogen-bond acceptors (Lipinski definition) is 8. The van der Waals surface area contributed by atoms with E-state index in [4.69, 9.17) is 23.7 Å². The first-order chi connectivity index (χ1) is 16.5. The average molecular weight is 489 g/mol. The Balaban J connectivity index is 1.54. The minimum absolute atomic E-state index is 0.169. The predicted molar refractivity (Wildman–Crippen MR) is 131 cm³/mol. The summed E-state index contributed by atoms with van der Waals surface area (Å²) < 4.78 is 29.6. The van der Waals surface area contributed by atoms with Crippen molar-refractivity contribution in [3.8, 4) is 11.5 Å². The normalized spacial score (nSPS) is 28.3. The van der Waals surface area contributed by atoms with Crippen LogP contribution in [-0.2, 0) is 27.4 Å². The van der Waals surface area contributed by atoms with Crippen LogP contribution in [0.5, 0.6) is 11.5 Å². The van der Waals surface area contributed by atoms with Gasteiger partial charge >= 0.3 is 0 Å². The maximum Gasteiger partial charge on any atom is 0.159 e. The van der Waals surface area contributed by atoms with Gasteiger partial charge in [-0.1, -0.05) is 36.0 Å². The molecule has 0 aromatic heterocycles. The van der Waals surface area contributed by atoms with E-state index in [-0.39, 0.29) is 17.6 Å². The van der Waals surface area contributed by atoms with Crippen LogP contribution >= 0.6 is 11.8 Å². The monoisotopic (exact) mass is 488 g/mol. The highest BCUT2D eigenvalue weighted by Crippen LogP contribution is 2.38. The minimum Gasteiger partial charge on any atom is -0.497 e. The number of aliphatic hydroxyl groups is 1. The van der Waals surface area contributed by atoms with Crippen LogP contribution in [0.1, 0.15) is 18.1 Å². The Labute approximate surface area is 204 Å². The van der Waals surface area contributed by atoms with Crippen molar-refractivity contribution in [3.05, 3.63) is 59.7 Å². The number of rotatable bonds is 9. The Morgan fingerprint density at radius 3 is 1.94 bits per heavy atom. The summed E-state index contributed by atoms with van der Waals surface area (Å²) in [7, 11) is 5.02. The SMILES string of the molecule is CN=C1N[C@@H]2[C@@H](OCc3ccc(OC)cc3)[C@H](OCc3ccc(OC)cc3)[C@@H](C(C)O)O[C@@H]2S1. The summed E-state index contributed by atoms with van der Waals surface area (Å²) in [6, 6.07) is 15.3. The van der Waals surface area contributed by atoms with E-state index in [1.807, 2.05) is 48.5 Å². The van der Waals surface area contributed by atoms with Gasteiger partial charge in [-0.15, -0.1) is 0 Å². The van der Waals surface area contributed by atoms with Crippen molar-refractivity contribution in [1.82, 2.24) is 5.32 Å². The predicted octanol–water partition coefficient (Wildman–Crippen LogP) is 2.97. The van der Waals surface area contributed by atoms with Crippen LogP contribution in [0.2, 0.25) is 0 Å². The third-order valence-corrected chi connectivity index (χ3v) is 7.15. The number of nitrogens with one attached hydrogen (secondary N) is 1. The van der Waals surface area contributed by atoms with Crippen LogP contribution in [0.3, 0.4) is 0 Å². The van der Waals surface area contributed by atoms with Gasteiger partial charge in [-0.3, -0.25) is 4.99 Å². The molecule has 0 radical (unpaired) electrons. The molecule has 9 heteroatoms. The molecule has 0 amide bonds. The van der Waals surface area contributed by atoms with Crippen LogP contribution in [0.4, 0.5) is 0 Å². The molecular formula is C25H32N2O6S. The van der Waals surface area contributed by atoms with E-state index in [1.54, 1.807) is 28.2 Å². The van der Waals surface area contributed by atoms with Crippen LogP contribution in [0.25, 0.3) is 0 Å². The zero-order valence-electron chi connectivity index (χ0n) is 19.8. The molecular weight excluding hydrogens is 456 g/mol. The fraction of sp³-hybridized carbons (Fsp3) is 0.480. The molecule has 0 spiro atoms. The number of benzene rings is 2. The first kappa shape index (κ1) is 24.8. The number of fused-ring (bicyclic) bond motifs is 1. The van der Waals surface area contributed by atoms with Crippen molar-refractivity contribution in [2.24, 2.45) is 4.99 Å². The zero-order chi connectivity index (χ0) is 24.1. The van der Waals surface area contributed by atoms with Crippen molar-refractivity contribution >= 4 is 16.9 Å². The summed E-state index contributed by atoms with van der Waals surface area (Å²) >= 11 is 1.51. The van der Waals surface area contributed by atoms with Crippen LogP contribution < -0.4 is 14.8 Å². The Bertz CT molecular complexity index is 953. The topological polar surface area (TPSA) is 90.8 Å². The lowest BCUT2D eigenvalue weighted by Crippen LogP contribution is -2.62. The molecule has 8 nitrogen and oxygen atoms in total. The van der Waals surface area contributed by atoms with Gasteiger partial charge in [0.1, 0.15) is 35.2 Å². The van der Waals surface area contributed by atoms with E-state index in [0.717, 1.165) is 27.8 Å². The fourth-order valence-corrected chi connectivity index (χ4v) is 5.21. The largest absolute Gasteiger partial charge is 0.497 e. The van der Waals surface area contributed by atoms with E-state index in [1.165, 1.54) is 11.8 Å². The Morgan fingerprint density at radius 1 is 0.941 bits per heavy atom. The van der Waals surface area contributed by atoms with E-state index < -0.39 is 18.3 Å². The average Bonchev–Trinajstić information content (AvgIpc) is 3.29. The number of aliphatic hydroxyl groups excluding tert-OH is 1. The van der Waals surface area contributed by atoms with Gasteiger partial charge in [-0.05, 0) is 42.3 Å². The van der Waals surface area contributed by atoms with Crippen molar-refractivity contribution in [1.29, 1.82) is 0 Å².